The van der Waals surface area contributed by atoms with Crippen LogP contribution in [0.4, 0.5) is 5.95 Å². The molecule has 0 aliphatic heterocycles. The predicted octanol–water partition coefficient (Wildman–Crippen LogP) is 2.80. The summed E-state index contributed by atoms with van der Waals surface area (Å²) >= 11 is 6.07. The van der Waals surface area contributed by atoms with E-state index in [2.05, 4.69) is 15.0 Å². The normalized spacial score (nSPS) is 17.2. The molecule has 2 aromatic heterocycles. The molecule has 0 aromatic carbocycles. The summed E-state index contributed by atoms with van der Waals surface area (Å²) in [7, 11) is -4.54. The zero-order valence-corrected chi connectivity index (χ0v) is 17.4. The van der Waals surface area contributed by atoms with Crippen LogP contribution in [-0.4, -0.2) is 40.2 Å². The van der Waals surface area contributed by atoms with E-state index in [1.54, 1.807) is 38.6 Å². The lowest BCUT2D eigenvalue weighted by Gasteiger charge is -2.43. The number of nitrogen functional groups attached to an aromatic ring is 1. The first-order valence-corrected chi connectivity index (χ1v) is 10.8. The second-order valence-electron chi connectivity index (χ2n) is 7.81. The quantitative estimate of drug-likeness (QED) is 0.462. The van der Waals surface area contributed by atoms with E-state index < -0.39 is 18.5 Å². The minimum absolute atomic E-state index is 0.0361. The molecule has 0 spiro atoms. The molecule has 0 saturated heterocycles. The molecule has 9 nitrogen and oxygen atoms in total. The lowest BCUT2D eigenvalue weighted by Crippen LogP contribution is -2.47. The number of fused-ring (bicyclic) bond motifs is 1. The van der Waals surface area contributed by atoms with Gasteiger partial charge in [-0.05, 0) is 24.7 Å². The SMILES string of the molecule is CC(C)C(OC1(Cn2cnc3c(Cl)nc(N)nc32)CC1)(C(C)C)P(=O)(O)O. The molecule has 3 rings (SSSR count). The Balaban J connectivity index is 1.97. The van der Waals surface area contributed by atoms with Gasteiger partial charge in [-0.2, -0.15) is 9.97 Å². The van der Waals surface area contributed by atoms with Crippen LogP contribution in [-0.2, 0) is 15.8 Å². The van der Waals surface area contributed by atoms with Crippen LogP contribution in [0.1, 0.15) is 40.5 Å². The monoisotopic (exact) mass is 417 g/mol. The van der Waals surface area contributed by atoms with Crippen molar-refractivity contribution in [2.45, 2.75) is 58.0 Å². The Morgan fingerprint density at radius 1 is 1.33 bits per heavy atom. The Labute approximate surface area is 162 Å². The standard InChI is InChI=1S/C16H25ClN5O4P/c1-9(2)16(10(3)4,27(23,24)25)26-15(5-6-15)7-22-8-19-11-12(17)20-14(18)21-13(11)22/h8-10H,5-7H2,1-4H3,(H2,18,20,21)(H2,23,24,25). The van der Waals surface area contributed by atoms with E-state index in [0.29, 0.717) is 30.6 Å². The second kappa shape index (κ2) is 6.67. The molecular formula is C16H25ClN5O4P. The van der Waals surface area contributed by atoms with Crippen molar-refractivity contribution in [3.05, 3.63) is 11.5 Å². The number of hydrogen-bond acceptors (Lipinski definition) is 6. The lowest BCUT2D eigenvalue weighted by atomic mass is 9.94. The van der Waals surface area contributed by atoms with Crippen molar-refractivity contribution < 1.29 is 19.1 Å². The Morgan fingerprint density at radius 3 is 2.41 bits per heavy atom. The van der Waals surface area contributed by atoms with E-state index in [9.17, 15) is 14.4 Å². The van der Waals surface area contributed by atoms with Gasteiger partial charge in [0.25, 0.3) is 0 Å². The zero-order chi connectivity index (χ0) is 20.2. The van der Waals surface area contributed by atoms with Crippen molar-refractivity contribution in [2.24, 2.45) is 11.8 Å². The Bertz CT molecular complexity index is 898. The molecular weight excluding hydrogens is 393 g/mol. The maximum absolute atomic E-state index is 12.4. The maximum atomic E-state index is 12.4. The zero-order valence-electron chi connectivity index (χ0n) is 15.8. The number of hydrogen-bond donors (Lipinski definition) is 3. The number of aromatic nitrogens is 4. The number of nitrogens with two attached hydrogens (primary N) is 1. The summed E-state index contributed by atoms with van der Waals surface area (Å²) in [5, 5.41) is -1.40. The number of nitrogens with zero attached hydrogens (tertiary/aromatic N) is 4. The topological polar surface area (TPSA) is 136 Å². The van der Waals surface area contributed by atoms with E-state index >= 15 is 0 Å². The molecule has 0 atom stereocenters. The average Bonchev–Trinajstić information content (AvgIpc) is 3.16. The first-order chi connectivity index (χ1) is 12.4. The minimum atomic E-state index is -4.54. The maximum Gasteiger partial charge on any atom is 0.357 e. The van der Waals surface area contributed by atoms with Crippen LogP contribution >= 0.6 is 19.2 Å². The van der Waals surface area contributed by atoms with Crippen LogP contribution in [0.5, 0.6) is 0 Å². The molecule has 4 N–H and O–H groups in total. The highest BCUT2D eigenvalue weighted by atomic mass is 35.5. The third-order valence-corrected chi connectivity index (χ3v) is 7.49. The van der Waals surface area contributed by atoms with Gasteiger partial charge in [0.2, 0.25) is 5.95 Å². The Hall–Kier alpha value is -1.25. The van der Waals surface area contributed by atoms with Crippen molar-refractivity contribution in [1.29, 1.82) is 0 Å². The molecule has 150 valence electrons. The van der Waals surface area contributed by atoms with Gasteiger partial charge in [0.05, 0.1) is 18.5 Å². The first-order valence-electron chi connectivity index (χ1n) is 8.81. The molecule has 1 saturated carbocycles. The van der Waals surface area contributed by atoms with E-state index in [-0.39, 0.29) is 22.9 Å². The fourth-order valence-electron chi connectivity index (χ4n) is 3.76. The van der Waals surface area contributed by atoms with Gasteiger partial charge in [0.15, 0.2) is 16.1 Å². The van der Waals surface area contributed by atoms with Gasteiger partial charge in [-0.1, -0.05) is 39.3 Å². The van der Waals surface area contributed by atoms with Gasteiger partial charge >= 0.3 is 7.60 Å². The Morgan fingerprint density at radius 2 is 1.93 bits per heavy atom. The summed E-state index contributed by atoms with van der Waals surface area (Å²) < 4.78 is 20.5. The summed E-state index contributed by atoms with van der Waals surface area (Å²) in [6, 6.07) is 0. The molecule has 0 bridgehead atoms. The van der Waals surface area contributed by atoms with Crippen molar-refractivity contribution in [3.63, 3.8) is 0 Å². The highest BCUT2D eigenvalue weighted by Gasteiger charge is 2.60. The molecule has 2 heterocycles. The Kier molecular flexibility index (Phi) is 5.06. The van der Waals surface area contributed by atoms with E-state index in [0.717, 1.165) is 0 Å². The van der Waals surface area contributed by atoms with E-state index in [1.165, 1.54) is 0 Å². The third kappa shape index (κ3) is 3.47. The van der Waals surface area contributed by atoms with Crippen LogP contribution in [0.25, 0.3) is 11.2 Å². The predicted molar refractivity (Wildman–Crippen MR) is 102 cm³/mol. The van der Waals surface area contributed by atoms with Crippen molar-refractivity contribution in [2.75, 3.05) is 5.73 Å². The van der Waals surface area contributed by atoms with Crippen molar-refractivity contribution in [1.82, 2.24) is 19.5 Å². The third-order valence-electron chi connectivity index (χ3n) is 5.19. The molecule has 11 heteroatoms. The largest absolute Gasteiger partial charge is 0.368 e. The van der Waals surface area contributed by atoms with Gasteiger partial charge in [-0.25, -0.2) is 4.98 Å². The van der Waals surface area contributed by atoms with Crippen LogP contribution in [0.2, 0.25) is 5.15 Å². The van der Waals surface area contributed by atoms with Gasteiger partial charge in [-0.15, -0.1) is 0 Å². The fourth-order valence-corrected chi connectivity index (χ4v) is 5.64. The van der Waals surface area contributed by atoms with Gasteiger partial charge in [0, 0.05) is 0 Å². The van der Waals surface area contributed by atoms with Gasteiger partial charge < -0.3 is 24.8 Å². The summed E-state index contributed by atoms with van der Waals surface area (Å²) in [6.07, 6.45) is 2.93. The molecule has 27 heavy (non-hydrogen) atoms. The fraction of sp³-hybridized carbons (Fsp3) is 0.688. The van der Waals surface area contributed by atoms with Crippen molar-refractivity contribution in [3.8, 4) is 0 Å². The average molecular weight is 418 g/mol. The second-order valence-corrected chi connectivity index (χ2v) is 9.95. The van der Waals surface area contributed by atoms with Gasteiger partial charge in [0.1, 0.15) is 5.52 Å². The van der Waals surface area contributed by atoms with Crippen molar-refractivity contribution >= 4 is 36.3 Å². The highest BCUT2D eigenvalue weighted by molar-refractivity contribution is 7.53. The lowest BCUT2D eigenvalue weighted by molar-refractivity contribution is -0.123. The summed E-state index contributed by atoms with van der Waals surface area (Å²) in [5.41, 5.74) is 5.89. The first kappa shape index (κ1) is 20.5. The molecule has 1 aliphatic rings. The summed E-state index contributed by atoms with van der Waals surface area (Å²) in [5.74, 6) is -0.709. The molecule has 2 aromatic rings. The molecule has 0 unspecified atom stereocenters. The minimum Gasteiger partial charge on any atom is -0.368 e. The number of anilines is 1. The van der Waals surface area contributed by atoms with Crippen LogP contribution in [0.3, 0.4) is 0 Å². The van der Waals surface area contributed by atoms with E-state index in [1.807, 2.05) is 0 Å². The van der Waals surface area contributed by atoms with Crippen LogP contribution < -0.4 is 5.73 Å². The molecule has 1 aliphatic carbocycles. The molecule has 0 amide bonds. The number of rotatable bonds is 7. The number of halogens is 1. The summed E-state index contributed by atoms with van der Waals surface area (Å²) in [4.78, 5) is 32.6. The van der Waals surface area contributed by atoms with E-state index in [4.69, 9.17) is 22.1 Å². The van der Waals surface area contributed by atoms with Crippen LogP contribution in [0.15, 0.2) is 6.33 Å². The molecule has 1 fully saturated rings. The van der Waals surface area contributed by atoms with Crippen LogP contribution in [0, 0.1) is 11.8 Å². The van der Waals surface area contributed by atoms with Gasteiger partial charge in [-0.3, -0.25) is 4.57 Å². The number of ether oxygens (including phenoxy) is 1. The summed E-state index contributed by atoms with van der Waals surface area (Å²) in [6.45, 7) is 7.44. The highest BCUT2D eigenvalue weighted by Crippen LogP contribution is 2.63. The number of imidazole rings is 1. The molecule has 0 radical (unpaired) electrons. The smallest absolute Gasteiger partial charge is 0.357 e.